The van der Waals surface area contributed by atoms with Crippen molar-refractivity contribution in [3.05, 3.63) is 29.3 Å². The van der Waals surface area contributed by atoms with Crippen molar-refractivity contribution in [3.8, 4) is 0 Å². The van der Waals surface area contributed by atoms with Crippen LogP contribution in [0.4, 0.5) is 5.69 Å². The molecule has 1 amide bonds. The van der Waals surface area contributed by atoms with E-state index in [1.807, 2.05) is 6.92 Å². The monoisotopic (exact) mass is 429 g/mol. The third-order valence-corrected chi connectivity index (χ3v) is 8.02. The van der Waals surface area contributed by atoms with Gasteiger partial charge < -0.3 is 5.32 Å². The molecule has 0 spiro atoms. The highest BCUT2D eigenvalue weighted by molar-refractivity contribution is 7.92. The summed E-state index contributed by atoms with van der Waals surface area (Å²) in [5, 5.41) is 2.93. The molecule has 0 aromatic heterocycles. The lowest BCUT2D eigenvalue weighted by molar-refractivity contribution is 0.0941. The Labute approximate surface area is 167 Å². The van der Waals surface area contributed by atoms with Crippen LogP contribution in [0.15, 0.2) is 18.2 Å². The lowest BCUT2D eigenvalue weighted by atomic mass is 9.98. The van der Waals surface area contributed by atoms with Crippen LogP contribution in [0.25, 0.3) is 0 Å². The summed E-state index contributed by atoms with van der Waals surface area (Å²) in [6.07, 6.45) is 4.42. The smallest absolute Gasteiger partial charge is 0.251 e. The molecule has 1 aromatic carbocycles. The highest BCUT2D eigenvalue weighted by Crippen LogP contribution is 2.34. The van der Waals surface area contributed by atoms with Crippen LogP contribution >= 0.6 is 0 Å². The van der Waals surface area contributed by atoms with Crippen molar-refractivity contribution in [3.63, 3.8) is 0 Å². The fraction of sp³-hybridized carbons (Fsp3) is 0.611. The largest absolute Gasteiger partial charge is 0.352 e. The number of carbonyl (C=O) groups is 1. The molecule has 8 nitrogen and oxygen atoms in total. The fourth-order valence-electron chi connectivity index (χ4n) is 4.03. The predicted molar refractivity (Wildman–Crippen MR) is 108 cm³/mol. The fourth-order valence-corrected chi connectivity index (χ4v) is 6.17. The van der Waals surface area contributed by atoms with Gasteiger partial charge in [-0.15, -0.1) is 0 Å². The minimum atomic E-state index is -3.35. The summed E-state index contributed by atoms with van der Waals surface area (Å²) in [7, 11) is -6.50. The van der Waals surface area contributed by atoms with Crippen LogP contribution in [0.2, 0.25) is 0 Å². The quantitative estimate of drug-likeness (QED) is 0.746. The standard InChI is InChI=1S/C18H27N3O5S2/c1-13-10-16-11-15(4-5-17(16)21(13)28(3,25)26)18(22)19-12-14-6-8-20(9-7-14)27(2,23)24/h4-5,11,13-14H,6-10,12H2,1-3H3,(H,19,22). The van der Waals surface area contributed by atoms with Gasteiger partial charge in [-0.2, -0.15) is 0 Å². The number of nitrogens with one attached hydrogen (secondary N) is 1. The van der Waals surface area contributed by atoms with Gasteiger partial charge in [-0.25, -0.2) is 21.1 Å². The summed E-state index contributed by atoms with van der Waals surface area (Å²) in [5.41, 5.74) is 2.00. The van der Waals surface area contributed by atoms with Crippen LogP contribution in [-0.4, -0.2) is 65.2 Å². The maximum absolute atomic E-state index is 12.5. The Kier molecular flexibility index (Phi) is 5.75. The Balaban J connectivity index is 1.60. The minimum absolute atomic E-state index is 0.164. The van der Waals surface area contributed by atoms with Crippen LogP contribution in [0.5, 0.6) is 0 Å². The Morgan fingerprint density at radius 1 is 1.11 bits per heavy atom. The van der Waals surface area contributed by atoms with E-state index in [0.29, 0.717) is 37.3 Å². The SMILES string of the molecule is CC1Cc2cc(C(=O)NCC3CCN(S(C)(=O)=O)CC3)ccc2N1S(C)(=O)=O. The molecule has 2 heterocycles. The van der Waals surface area contributed by atoms with Crippen LogP contribution in [0.3, 0.4) is 0 Å². The molecule has 1 N–H and O–H groups in total. The predicted octanol–water partition coefficient (Wildman–Crippen LogP) is 0.799. The van der Waals surface area contributed by atoms with Crippen LogP contribution in [0, 0.1) is 5.92 Å². The molecule has 0 bridgehead atoms. The number of carbonyl (C=O) groups excluding carboxylic acids is 1. The van der Waals surface area contributed by atoms with Crippen molar-refractivity contribution < 1.29 is 21.6 Å². The second-order valence-electron chi connectivity index (χ2n) is 7.77. The van der Waals surface area contributed by atoms with Gasteiger partial charge in [-0.3, -0.25) is 9.10 Å². The number of piperidine rings is 1. The lowest BCUT2D eigenvalue weighted by Crippen LogP contribution is -2.41. The molecule has 0 saturated carbocycles. The zero-order chi connectivity index (χ0) is 20.7. The summed E-state index contributed by atoms with van der Waals surface area (Å²) >= 11 is 0. The van der Waals surface area contributed by atoms with Gasteiger partial charge in [0, 0.05) is 31.2 Å². The van der Waals surface area contributed by atoms with Crippen molar-refractivity contribution in [2.24, 2.45) is 5.92 Å². The van der Waals surface area contributed by atoms with E-state index < -0.39 is 20.0 Å². The van der Waals surface area contributed by atoms with E-state index in [0.717, 1.165) is 18.4 Å². The molecule has 1 unspecified atom stereocenters. The lowest BCUT2D eigenvalue weighted by Gasteiger charge is -2.30. The molecule has 3 rings (SSSR count). The van der Waals surface area contributed by atoms with Crippen molar-refractivity contribution >= 4 is 31.6 Å². The van der Waals surface area contributed by atoms with Gasteiger partial charge in [-0.1, -0.05) is 0 Å². The number of rotatable bonds is 5. The molecule has 28 heavy (non-hydrogen) atoms. The van der Waals surface area contributed by atoms with E-state index in [-0.39, 0.29) is 17.9 Å². The maximum atomic E-state index is 12.5. The summed E-state index contributed by atoms with van der Waals surface area (Å²) < 4.78 is 50.0. The van der Waals surface area contributed by atoms with Crippen molar-refractivity contribution in [2.75, 3.05) is 36.5 Å². The summed E-state index contributed by atoms with van der Waals surface area (Å²) in [6, 6.07) is 4.94. The number of anilines is 1. The number of hydrogen-bond acceptors (Lipinski definition) is 5. The summed E-state index contributed by atoms with van der Waals surface area (Å²) in [5.74, 6) is 0.0518. The Hall–Kier alpha value is -1.65. The first-order valence-corrected chi connectivity index (χ1v) is 13.0. The normalized spacial score (nSPS) is 21.5. The first-order chi connectivity index (χ1) is 13.0. The molecule has 1 saturated heterocycles. The Morgan fingerprint density at radius 3 is 2.32 bits per heavy atom. The van der Waals surface area contributed by atoms with Gasteiger partial charge >= 0.3 is 0 Å². The molecular weight excluding hydrogens is 402 g/mol. The second kappa shape index (κ2) is 7.64. The molecule has 0 radical (unpaired) electrons. The molecule has 10 heteroatoms. The first kappa shape index (κ1) is 21.1. The summed E-state index contributed by atoms with van der Waals surface area (Å²) in [4.78, 5) is 12.5. The molecular formula is C18H27N3O5S2. The molecule has 156 valence electrons. The number of nitrogens with zero attached hydrogens (tertiary/aromatic N) is 2. The Morgan fingerprint density at radius 2 is 1.75 bits per heavy atom. The van der Waals surface area contributed by atoms with E-state index in [1.54, 1.807) is 18.2 Å². The van der Waals surface area contributed by atoms with Crippen LogP contribution in [-0.2, 0) is 26.5 Å². The van der Waals surface area contributed by atoms with E-state index >= 15 is 0 Å². The molecule has 2 aliphatic rings. The van der Waals surface area contributed by atoms with Gasteiger partial charge in [0.05, 0.1) is 18.2 Å². The highest BCUT2D eigenvalue weighted by Gasteiger charge is 2.33. The van der Waals surface area contributed by atoms with Gasteiger partial charge in [0.25, 0.3) is 5.91 Å². The number of amides is 1. The maximum Gasteiger partial charge on any atom is 0.251 e. The molecule has 0 aliphatic carbocycles. The van der Waals surface area contributed by atoms with Crippen LogP contribution in [0.1, 0.15) is 35.7 Å². The zero-order valence-corrected chi connectivity index (χ0v) is 18.0. The average Bonchev–Trinajstić information content (AvgIpc) is 2.94. The number of hydrogen-bond donors (Lipinski definition) is 1. The van der Waals surface area contributed by atoms with Gasteiger partial charge in [0.1, 0.15) is 0 Å². The first-order valence-electron chi connectivity index (χ1n) is 9.32. The number of sulfonamides is 2. The van der Waals surface area contributed by atoms with Crippen molar-refractivity contribution in [1.29, 1.82) is 0 Å². The van der Waals surface area contributed by atoms with Crippen LogP contribution < -0.4 is 9.62 Å². The van der Waals surface area contributed by atoms with Crippen molar-refractivity contribution in [2.45, 2.75) is 32.2 Å². The Bertz CT molecular complexity index is 967. The third-order valence-electron chi connectivity index (χ3n) is 5.45. The van der Waals surface area contributed by atoms with E-state index in [4.69, 9.17) is 0 Å². The van der Waals surface area contributed by atoms with E-state index in [2.05, 4.69) is 5.32 Å². The van der Waals surface area contributed by atoms with Gasteiger partial charge in [-0.05, 0) is 55.9 Å². The molecule has 1 aromatic rings. The topological polar surface area (TPSA) is 104 Å². The second-order valence-corrected chi connectivity index (χ2v) is 11.6. The molecule has 2 aliphatic heterocycles. The van der Waals surface area contributed by atoms with Gasteiger partial charge in [0.2, 0.25) is 20.0 Å². The molecule has 1 atom stereocenters. The zero-order valence-electron chi connectivity index (χ0n) is 16.4. The number of benzene rings is 1. The van der Waals surface area contributed by atoms with Gasteiger partial charge in [0.15, 0.2) is 0 Å². The highest BCUT2D eigenvalue weighted by atomic mass is 32.2. The average molecular weight is 430 g/mol. The molecule has 1 fully saturated rings. The van der Waals surface area contributed by atoms with E-state index in [1.165, 1.54) is 21.1 Å². The van der Waals surface area contributed by atoms with Crippen molar-refractivity contribution in [1.82, 2.24) is 9.62 Å². The minimum Gasteiger partial charge on any atom is -0.352 e. The number of fused-ring (bicyclic) bond motifs is 1. The summed E-state index contributed by atoms with van der Waals surface area (Å²) in [6.45, 7) is 3.32. The third kappa shape index (κ3) is 4.49. The van der Waals surface area contributed by atoms with E-state index in [9.17, 15) is 21.6 Å².